The molecular formula is C37H42N2O5. The van der Waals surface area contributed by atoms with Gasteiger partial charge in [0.05, 0.1) is 12.0 Å². The molecule has 2 N–H and O–H groups in total. The van der Waals surface area contributed by atoms with Crippen LogP contribution in [0, 0.1) is 5.41 Å². The Morgan fingerprint density at radius 3 is 1.57 bits per heavy atom. The number of carbonyl (C=O) groups excluding carboxylic acids is 4. The van der Waals surface area contributed by atoms with E-state index in [2.05, 4.69) is 10.6 Å². The fraction of sp³-hybridized carbons (Fsp3) is 0.351. The number of hydrogen-bond acceptors (Lipinski definition) is 6. The van der Waals surface area contributed by atoms with Crippen molar-refractivity contribution in [2.45, 2.75) is 78.0 Å². The molecule has 1 atom stereocenters. The van der Waals surface area contributed by atoms with Crippen LogP contribution < -0.4 is 10.6 Å². The maximum Gasteiger partial charge on any atom is 0.329 e. The fourth-order valence-corrected chi connectivity index (χ4v) is 5.81. The first-order valence-corrected chi connectivity index (χ1v) is 15.0. The molecular weight excluding hydrogens is 552 g/mol. The van der Waals surface area contributed by atoms with E-state index in [0.29, 0.717) is 0 Å². The molecule has 4 rings (SSSR count). The third kappa shape index (κ3) is 7.51. The molecule has 1 aliphatic rings. The number of rotatable bonds is 9. The van der Waals surface area contributed by atoms with Gasteiger partial charge in [-0.15, -0.1) is 0 Å². The Bertz CT molecular complexity index is 1420. The van der Waals surface area contributed by atoms with Gasteiger partial charge in [-0.2, -0.15) is 0 Å². The molecule has 7 nitrogen and oxygen atoms in total. The van der Waals surface area contributed by atoms with Gasteiger partial charge in [-0.05, 0) is 49.8 Å². The summed E-state index contributed by atoms with van der Waals surface area (Å²) in [6.45, 7) is 10.6. The number of allylic oxidation sites excluding steroid dienone is 2. The van der Waals surface area contributed by atoms with Crippen LogP contribution in [-0.2, 0) is 29.5 Å². The molecule has 1 aliphatic carbocycles. The number of benzene rings is 3. The third-order valence-corrected chi connectivity index (χ3v) is 7.63. The first-order chi connectivity index (χ1) is 20.7. The van der Waals surface area contributed by atoms with Gasteiger partial charge in [0.2, 0.25) is 5.91 Å². The number of nitrogens with one attached hydrogen (secondary N) is 2. The predicted octanol–water partition coefficient (Wildman–Crippen LogP) is 6.02. The zero-order valence-electron chi connectivity index (χ0n) is 26.4. The van der Waals surface area contributed by atoms with Crippen molar-refractivity contribution in [1.29, 1.82) is 0 Å². The molecule has 230 valence electrons. The topological polar surface area (TPSA) is 102 Å². The summed E-state index contributed by atoms with van der Waals surface area (Å²) < 4.78 is 5.69. The van der Waals surface area contributed by atoms with Crippen LogP contribution >= 0.6 is 0 Å². The van der Waals surface area contributed by atoms with Crippen LogP contribution in [0.4, 0.5) is 0 Å². The van der Waals surface area contributed by atoms with Crippen LogP contribution in [0.5, 0.6) is 0 Å². The summed E-state index contributed by atoms with van der Waals surface area (Å²) in [5.41, 5.74) is 0.499. The first kappa shape index (κ1) is 32.4. The van der Waals surface area contributed by atoms with E-state index < -0.39 is 34.5 Å². The van der Waals surface area contributed by atoms with Crippen molar-refractivity contribution in [1.82, 2.24) is 10.6 Å². The van der Waals surface area contributed by atoms with Gasteiger partial charge in [-0.1, -0.05) is 105 Å². The van der Waals surface area contributed by atoms with Crippen LogP contribution in [0.25, 0.3) is 0 Å². The van der Waals surface area contributed by atoms with E-state index in [1.54, 1.807) is 27.7 Å². The minimum atomic E-state index is -1.16. The number of esters is 1. The number of ketones is 2. The van der Waals surface area contributed by atoms with Crippen molar-refractivity contribution in [3.8, 4) is 0 Å². The minimum absolute atomic E-state index is 0.0468. The molecule has 0 aliphatic heterocycles. The van der Waals surface area contributed by atoms with Crippen molar-refractivity contribution in [3.05, 3.63) is 119 Å². The molecule has 1 amide bonds. The lowest BCUT2D eigenvalue weighted by Gasteiger charge is -2.37. The maximum atomic E-state index is 14.1. The van der Waals surface area contributed by atoms with Crippen LogP contribution in [0.1, 0.15) is 77.5 Å². The van der Waals surface area contributed by atoms with E-state index >= 15 is 0 Å². The number of hydrogen-bond donors (Lipinski definition) is 2. The Morgan fingerprint density at radius 2 is 1.18 bits per heavy atom. The Balaban J connectivity index is 1.74. The number of amides is 1. The van der Waals surface area contributed by atoms with Gasteiger partial charge in [0, 0.05) is 18.5 Å². The van der Waals surface area contributed by atoms with Crippen LogP contribution in [0.15, 0.2) is 102 Å². The summed E-state index contributed by atoms with van der Waals surface area (Å²) in [6, 6.07) is 27.9. The van der Waals surface area contributed by atoms with E-state index in [-0.39, 0.29) is 42.1 Å². The van der Waals surface area contributed by atoms with E-state index in [9.17, 15) is 19.2 Å². The van der Waals surface area contributed by atoms with Crippen LogP contribution in [-0.4, -0.2) is 35.1 Å². The quantitative estimate of drug-likeness (QED) is 0.136. The molecule has 0 bridgehead atoms. The van der Waals surface area contributed by atoms with Crippen molar-refractivity contribution in [2.75, 3.05) is 0 Å². The first-order valence-electron chi connectivity index (χ1n) is 15.0. The molecule has 0 spiro atoms. The smallest absolute Gasteiger partial charge is 0.329 e. The summed E-state index contributed by atoms with van der Waals surface area (Å²) in [5.74, 6) is -1.64. The molecule has 7 heteroatoms. The Hall–Kier alpha value is -4.52. The lowest BCUT2D eigenvalue weighted by atomic mass is 9.73. The lowest BCUT2D eigenvalue weighted by Crippen LogP contribution is -2.51. The number of Topliss-reactive ketones (excluding diaryl/α,β-unsaturated/α-hetero) is 2. The Morgan fingerprint density at radius 1 is 0.773 bits per heavy atom. The molecule has 0 unspecified atom stereocenters. The largest absolute Gasteiger partial charge is 0.458 e. The summed E-state index contributed by atoms with van der Waals surface area (Å²) >= 11 is 0. The molecule has 3 aromatic rings. The second-order valence-electron chi connectivity index (χ2n) is 13.2. The molecule has 0 radical (unpaired) electrons. The molecule has 0 saturated heterocycles. The van der Waals surface area contributed by atoms with Crippen molar-refractivity contribution >= 4 is 23.4 Å². The van der Waals surface area contributed by atoms with Crippen LogP contribution in [0.3, 0.4) is 0 Å². The minimum Gasteiger partial charge on any atom is -0.458 e. The normalized spacial score (nSPS) is 15.7. The summed E-state index contributed by atoms with van der Waals surface area (Å²) in [6.07, 6.45) is 0.137. The van der Waals surface area contributed by atoms with E-state index in [1.165, 1.54) is 0 Å². The molecule has 3 aromatic carbocycles. The summed E-state index contributed by atoms with van der Waals surface area (Å²) in [4.78, 5) is 53.6. The second-order valence-corrected chi connectivity index (χ2v) is 13.2. The van der Waals surface area contributed by atoms with Gasteiger partial charge in [0.1, 0.15) is 17.2 Å². The van der Waals surface area contributed by atoms with Gasteiger partial charge in [-0.3, -0.25) is 14.4 Å². The zero-order chi connectivity index (χ0) is 32.1. The molecule has 0 heterocycles. The molecule has 1 saturated carbocycles. The summed E-state index contributed by atoms with van der Waals surface area (Å²) in [5, 5.41) is 6.31. The maximum absolute atomic E-state index is 14.1. The average molecular weight is 595 g/mol. The monoisotopic (exact) mass is 594 g/mol. The van der Waals surface area contributed by atoms with Crippen molar-refractivity contribution in [3.63, 3.8) is 0 Å². The van der Waals surface area contributed by atoms with Gasteiger partial charge < -0.3 is 15.4 Å². The van der Waals surface area contributed by atoms with Crippen molar-refractivity contribution < 1.29 is 23.9 Å². The van der Waals surface area contributed by atoms with E-state index in [0.717, 1.165) is 16.7 Å². The standard InChI is InChI=1S/C37H42N2O5/c1-25(33-30(40)23-36(5,6)24-31(33)41)38-29(34(43)44-35(2,3)4)22-32(42)39-37(26-16-10-7-11-17-26,27-18-12-8-13-19-27)28-20-14-9-15-21-28/h7-21,29,38H,22-24H2,1-6H3,(H,39,42)/t29-/m0/s1. The van der Waals surface area contributed by atoms with Gasteiger partial charge in [0.15, 0.2) is 11.6 Å². The highest BCUT2D eigenvalue weighted by Gasteiger charge is 2.40. The highest BCUT2D eigenvalue weighted by Crippen LogP contribution is 2.37. The van der Waals surface area contributed by atoms with Gasteiger partial charge in [0.25, 0.3) is 0 Å². The fourth-order valence-electron chi connectivity index (χ4n) is 5.81. The lowest BCUT2D eigenvalue weighted by molar-refractivity contribution is -0.158. The third-order valence-electron chi connectivity index (χ3n) is 7.63. The molecule has 1 fully saturated rings. The Kier molecular flexibility index (Phi) is 9.57. The highest BCUT2D eigenvalue weighted by atomic mass is 16.6. The Labute approximate surface area is 260 Å². The van der Waals surface area contributed by atoms with Crippen molar-refractivity contribution in [2.24, 2.45) is 5.41 Å². The highest BCUT2D eigenvalue weighted by molar-refractivity contribution is 6.22. The second kappa shape index (κ2) is 13.0. The number of carbonyl (C=O) groups is 4. The van der Waals surface area contributed by atoms with E-state index in [1.807, 2.05) is 105 Å². The predicted molar refractivity (Wildman–Crippen MR) is 170 cm³/mol. The molecule has 44 heavy (non-hydrogen) atoms. The van der Waals surface area contributed by atoms with Gasteiger partial charge >= 0.3 is 5.97 Å². The van der Waals surface area contributed by atoms with E-state index in [4.69, 9.17) is 4.74 Å². The van der Waals surface area contributed by atoms with Crippen LogP contribution in [0.2, 0.25) is 0 Å². The molecule has 0 aromatic heterocycles. The van der Waals surface area contributed by atoms with Gasteiger partial charge in [-0.25, -0.2) is 4.79 Å². The summed E-state index contributed by atoms with van der Waals surface area (Å²) in [7, 11) is 0. The number of ether oxygens (including phenoxy) is 1. The average Bonchev–Trinajstić information content (AvgIpc) is 2.95. The zero-order valence-corrected chi connectivity index (χ0v) is 26.4. The SMILES string of the molecule is CC(N[C@@H](CC(=O)NC(c1ccccc1)(c1ccccc1)c1ccccc1)C(=O)OC(C)(C)C)=C1C(=O)CC(C)(C)CC1=O.